The van der Waals surface area contributed by atoms with Crippen LogP contribution in [0.4, 0.5) is 0 Å². The Morgan fingerprint density at radius 3 is 2.73 bits per heavy atom. The molecule has 5 heteroatoms. The lowest BCUT2D eigenvalue weighted by Crippen LogP contribution is -2.36. The van der Waals surface area contributed by atoms with Crippen LogP contribution in [0.15, 0.2) is 18.2 Å². The Labute approximate surface area is 180 Å². The predicted molar refractivity (Wildman–Crippen MR) is 122 cm³/mol. The topological polar surface area (TPSA) is 66.2 Å². The summed E-state index contributed by atoms with van der Waals surface area (Å²) < 4.78 is 5.23. The minimum atomic E-state index is 0.273. The molecule has 3 aliphatic rings. The maximum atomic E-state index is 9.79. The average molecular weight is 412 g/mol. The number of amides is 1. The molecule has 1 saturated carbocycles. The number of nitrogens with one attached hydrogen (secondary N) is 3. The van der Waals surface area contributed by atoms with E-state index in [1.54, 1.807) is 5.56 Å². The van der Waals surface area contributed by atoms with Crippen molar-refractivity contribution in [3.8, 4) is 0 Å². The number of fused-ring (bicyclic) bond motifs is 3. The minimum absolute atomic E-state index is 0.273. The lowest BCUT2D eigenvalue weighted by molar-refractivity contribution is -0.110. The fourth-order valence-electron chi connectivity index (χ4n) is 5.28. The summed E-state index contributed by atoms with van der Waals surface area (Å²) in [7, 11) is 0. The quantitative estimate of drug-likeness (QED) is 0.626. The number of H-pyrrole nitrogens is 1. The first kappa shape index (κ1) is 21.4. The number of ether oxygens (including phenoxy) is 1. The zero-order chi connectivity index (χ0) is 20.8. The van der Waals surface area contributed by atoms with E-state index in [-0.39, 0.29) is 6.10 Å². The lowest BCUT2D eigenvalue weighted by atomic mass is 9.89. The fraction of sp³-hybridized carbons (Fsp3) is 0.640. The SMILES string of the molecule is Cc1ccc2[nH]c3c(c2c1)CCCC3NC1CCCCC1.O=CNCC1CCCO1. The smallest absolute Gasteiger partial charge is 0.207 e. The van der Waals surface area contributed by atoms with E-state index < -0.39 is 0 Å². The number of rotatable bonds is 5. The third kappa shape index (κ3) is 5.25. The van der Waals surface area contributed by atoms with Crippen molar-refractivity contribution < 1.29 is 9.53 Å². The zero-order valence-electron chi connectivity index (χ0n) is 18.3. The first-order chi connectivity index (χ1) is 14.7. The third-order valence-corrected chi connectivity index (χ3v) is 6.86. The second kappa shape index (κ2) is 10.5. The Hall–Kier alpha value is -1.85. The minimum Gasteiger partial charge on any atom is -0.376 e. The van der Waals surface area contributed by atoms with E-state index >= 15 is 0 Å². The number of carbonyl (C=O) groups excluding carboxylic acids is 1. The van der Waals surface area contributed by atoms with Gasteiger partial charge in [0.15, 0.2) is 0 Å². The van der Waals surface area contributed by atoms with Gasteiger partial charge in [0.1, 0.15) is 0 Å². The number of hydrogen-bond acceptors (Lipinski definition) is 3. The van der Waals surface area contributed by atoms with Crippen molar-refractivity contribution in [2.24, 2.45) is 0 Å². The molecule has 5 rings (SSSR count). The van der Waals surface area contributed by atoms with Crippen LogP contribution in [0.1, 0.15) is 80.7 Å². The summed E-state index contributed by atoms with van der Waals surface area (Å²) in [4.78, 5) is 13.5. The number of benzene rings is 1. The van der Waals surface area contributed by atoms with Gasteiger partial charge in [-0.25, -0.2) is 0 Å². The average Bonchev–Trinajstić information content (AvgIpc) is 3.42. The van der Waals surface area contributed by atoms with Crippen LogP contribution in [-0.2, 0) is 16.0 Å². The van der Waals surface area contributed by atoms with Gasteiger partial charge in [0, 0.05) is 41.8 Å². The largest absolute Gasteiger partial charge is 0.376 e. The van der Waals surface area contributed by atoms with Crippen LogP contribution >= 0.6 is 0 Å². The molecule has 3 N–H and O–H groups in total. The van der Waals surface area contributed by atoms with Crippen molar-refractivity contribution in [3.05, 3.63) is 35.0 Å². The molecule has 2 heterocycles. The second-order valence-corrected chi connectivity index (χ2v) is 9.17. The van der Waals surface area contributed by atoms with Crippen molar-refractivity contribution in [1.82, 2.24) is 15.6 Å². The van der Waals surface area contributed by atoms with Crippen molar-refractivity contribution in [2.45, 2.75) is 89.3 Å². The molecule has 1 aliphatic heterocycles. The molecule has 0 bridgehead atoms. The van der Waals surface area contributed by atoms with Crippen molar-refractivity contribution in [1.29, 1.82) is 0 Å². The van der Waals surface area contributed by atoms with Gasteiger partial charge in [-0.1, -0.05) is 30.9 Å². The third-order valence-electron chi connectivity index (χ3n) is 6.86. The van der Waals surface area contributed by atoms with Gasteiger partial charge in [-0.2, -0.15) is 0 Å². The number of aromatic amines is 1. The molecule has 0 radical (unpaired) electrons. The summed E-state index contributed by atoms with van der Waals surface area (Å²) >= 11 is 0. The van der Waals surface area contributed by atoms with Crippen LogP contribution in [0.2, 0.25) is 0 Å². The van der Waals surface area contributed by atoms with Crippen molar-refractivity contribution in [3.63, 3.8) is 0 Å². The van der Waals surface area contributed by atoms with E-state index in [0.29, 0.717) is 19.0 Å². The highest BCUT2D eigenvalue weighted by molar-refractivity contribution is 5.85. The number of hydrogen-bond donors (Lipinski definition) is 3. The molecule has 2 atom stereocenters. The summed E-state index contributed by atoms with van der Waals surface area (Å²) in [6.07, 6.45) is 14.0. The Morgan fingerprint density at radius 1 is 1.10 bits per heavy atom. The van der Waals surface area contributed by atoms with E-state index in [1.165, 1.54) is 73.5 Å². The van der Waals surface area contributed by atoms with Crippen LogP contribution in [0.5, 0.6) is 0 Å². The van der Waals surface area contributed by atoms with Crippen LogP contribution in [0.25, 0.3) is 10.9 Å². The highest BCUT2D eigenvalue weighted by Gasteiger charge is 2.26. The van der Waals surface area contributed by atoms with Crippen molar-refractivity contribution >= 4 is 17.3 Å². The first-order valence-electron chi connectivity index (χ1n) is 11.9. The summed E-state index contributed by atoms with van der Waals surface area (Å²) in [5.74, 6) is 0. The number of aryl methyl sites for hydroxylation is 2. The molecule has 2 aliphatic carbocycles. The first-order valence-corrected chi connectivity index (χ1v) is 11.9. The van der Waals surface area contributed by atoms with E-state index in [1.807, 2.05) is 0 Å². The van der Waals surface area contributed by atoms with Gasteiger partial charge in [-0.3, -0.25) is 4.79 Å². The Kier molecular flexibility index (Phi) is 7.45. The van der Waals surface area contributed by atoms with Gasteiger partial charge in [-0.05, 0) is 69.6 Å². The van der Waals surface area contributed by atoms with Gasteiger partial charge < -0.3 is 20.4 Å². The molecular formula is C25H37N3O2. The van der Waals surface area contributed by atoms with Gasteiger partial charge >= 0.3 is 0 Å². The van der Waals surface area contributed by atoms with E-state index in [9.17, 15) is 4.79 Å². The number of carbonyl (C=O) groups is 1. The summed E-state index contributed by atoms with van der Waals surface area (Å²) in [5.41, 5.74) is 5.75. The van der Waals surface area contributed by atoms with E-state index in [4.69, 9.17) is 4.74 Å². The highest BCUT2D eigenvalue weighted by Crippen LogP contribution is 2.36. The summed E-state index contributed by atoms with van der Waals surface area (Å²) in [5, 5.41) is 8.00. The maximum Gasteiger partial charge on any atom is 0.207 e. The van der Waals surface area contributed by atoms with Crippen LogP contribution in [0.3, 0.4) is 0 Å². The molecule has 2 unspecified atom stereocenters. The summed E-state index contributed by atoms with van der Waals surface area (Å²) in [6.45, 7) is 3.72. The van der Waals surface area contributed by atoms with Crippen LogP contribution in [0, 0.1) is 6.92 Å². The normalized spacial score (nSPS) is 24.2. The molecule has 5 nitrogen and oxygen atoms in total. The molecule has 1 amide bonds. The van der Waals surface area contributed by atoms with Gasteiger partial charge in [-0.15, -0.1) is 0 Å². The molecule has 164 valence electrons. The molecule has 30 heavy (non-hydrogen) atoms. The van der Waals surface area contributed by atoms with E-state index in [0.717, 1.165) is 25.5 Å². The highest BCUT2D eigenvalue weighted by atomic mass is 16.5. The Morgan fingerprint density at radius 2 is 1.97 bits per heavy atom. The fourth-order valence-corrected chi connectivity index (χ4v) is 5.28. The Balaban J connectivity index is 0.000000204. The van der Waals surface area contributed by atoms with Gasteiger partial charge in [0.25, 0.3) is 0 Å². The van der Waals surface area contributed by atoms with Crippen molar-refractivity contribution in [2.75, 3.05) is 13.2 Å². The predicted octanol–water partition coefficient (Wildman–Crippen LogP) is 4.69. The molecule has 1 aromatic carbocycles. The maximum absolute atomic E-state index is 9.79. The molecular weight excluding hydrogens is 374 g/mol. The monoisotopic (exact) mass is 411 g/mol. The van der Waals surface area contributed by atoms with Crippen LogP contribution in [-0.4, -0.2) is 36.7 Å². The molecule has 1 saturated heterocycles. The van der Waals surface area contributed by atoms with E-state index in [2.05, 4.69) is 40.7 Å². The molecule has 0 spiro atoms. The molecule has 1 aromatic heterocycles. The van der Waals surface area contributed by atoms with Gasteiger partial charge in [0.05, 0.1) is 6.10 Å². The number of aromatic nitrogens is 1. The summed E-state index contributed by atoms with van der Waals surface area (Å²) in [6, 6.07) is 8.11. The van der Waals surface area contributed by atoms with Gasteiger partial charge in [0.2, 0.25) is 6.41 Å². The molecule has 2 fully saturated rings. The molecule has 2 aromatic rings. The zero-order valence-corrected chi connectivity index (χ0v) is 18.3. The lowest BCUT2D eigenvalue weighted by Gasteiger charge is -2.31. The Bertz CT molecular complexity index is 819. The second-order valence-electron chi connectivity index (χ2n) is 9.17. The van der Waals surface area contributed by atoms with Crippen LogP contribution < -0.4 is 10.6 Å². The standard InChI is InChI=1S/C19H26N2.C6H11NO2/c1-13-10-11-17-16(12-13)15-8-5-9-18(19(15)21-17)20-14-6-3-2-4-7-14;8-5-7-4-6-2-1-3-9-6/h10-12,14,18,20-21H,2-9H2,1H3;5-6H,1-4H2,(H,7,8).